The summed E-state index contributed by atoms with van der Waals surface area (Å²) in [6, 6.07) is 4.22. The van der Waals surface area contributed by atoms with Crippen LogP contribution in [0, 0.1) is 11.3 Å². The largest absolute Gasteiger partial charge is 0.395 e. The molecule has 5 nitrogen and oxygen atoms in total. The Hall–Kier alpha value is -1.80. The van der Waals surface area contributed by atoms with Crippen LogP contribution in [-0.2, 0) is 0 Å². The number of piperidine rings is 1. The van der Waals surface area contributed by atoms with Crippen LogP contribution in [0.2, 0.25) is 0 Å². The molecule has 5 heteroatoms. The van der Waals surface area contributed by atoms with Gasteiger partial charge in [-0.1, -0.05) is 6.92 Å². The molecule has 1 saturated heterocycles. The molecule has 2 N–H and O–H groups in total. The number of hydrogen-bond acceptors (Lipinski definition) is 5. The average Bonchev–Trinajstić information content (AvgIpc) is 2.47. The maximum absolute atomic E-state index is 9.02. The lowest BCUT2D eigenvalue weighted by Gasteiger charge is -2.37. The molecule has 1 aromatic heterocycles. The van der Waals surface area contributed by atoms with Crippen molar-refractivity contribution in [3.63, 3.8) is 0 Å². The number of aromatic nitrogens is 1. The lowest BCUT2D eigenvalue weighted by atomic mass is 10.0. The molecule has 2 rings (SSSR count). The van der Waals surface area contributed by atoms with Crippen molar-refractivity contribution in [1.29, 1.82) is 5.26 Å². The molecule has 1 fully saturated rings. The van der Waals surface area contributed by atoms with E-state index >= 15 is 0 Å². The predicted octanol–water partition coefficient (Wildman–Crippen LogP) is 1.46. The van der Waals surface area contributed by atoms with Gasteiger partial charge >= 0.3 is 0 Å². The number of likely N-dealkylation sites (tertiary alicyclic amines) is 1. The van der Waals surface area contributed by atoms with Gasteiger partial charge in [0.05, 0.1) is 11.3 Å². The molecule has 0 unspecified atom stereocenters. The summed E-state index contributed by atoms with van der Waals surface area (Å²) < 4.78 is 0. The molecule has 0 saturated carbocycles. The second-order valence-electron chi connectivity index (χ2n) is 4.98. The van der Waals surface area contributed by atoms with E-state index in [0.29, 0.717) is 17.3 Å². The van der Waals surface area contributed by atoms with Gasteiger partial charge in [-0.2, -0.15) is 5.26 Å². The molecule has 0 aromatic carbocycles. The fourth-order valence-corrected chi connectivity index (χ4v) is 2.64. The zero-order chi connectivity index (χ0) is 13.8. The molecular formula is C14H21N5. The van der Waals surface area contributed by atoms with Gasteiger partial charge in [0.25, 0.3) is 0 Å². The van der Waals surface area contributed by atoms with Crippen LogP contribution in [-0.4, -0.2) is 42.6 Å². The van der Waals surface area contributed by atoms with Crippen LogP contribution in [0.4, 0.5) is 11.5 Å². The van der Waals surface area contributed by atoms with Gasteiger partial charge in [0.2, 0.25) is 0 Å². The van der Waals surface area contributed by atoms with Gasteiger partial charge in [-0.3, -0.25) is 0 Å². The zero-order valence-electron chi connectivity index (χ0n) is 11.6. The Bertz CT molecular complexity index is 471. The van der Waals surface area contributed by atoms with Crippen molar-refractivity contribution >= 4 is 11.5 Å². The van der Waals surface area contributed by atoms with Crippen LogP contribution in [0.15, 0.2) is 12.3 Å². The second kappa shape index (κ2) is 5.89. The van der Waals surface area contributed by atoms with Crippen LogP contribution in [0.1, 0.15) is 25.3 Å². The van der Waals surface area contributed by atoms with Gasteiger partial charge in [0, 0.05) is 32.4 Å². The molecule has 0 amide bonds. The Kier molecular flexibility index (Phi) is 4.23. The normalized spacial score (nSPS) is 17.1. The first-order chi connectivity index (χ1) is 9.17. The van der Waals surface area contributed by atoms with Crippen LogP contribution in [0.5, 0.6) is 0 Å². The number of nitrogens with zero attached hydrogens (tertiary/aromatic N) is 4. The third-order valence-electron chi connectivity index (χ3n) is 3.98. The second-order valence-corrected chi connectivity index (χ2v) is 4.98. The minimum Gasteiger partial charge on any atom is -0.395 e. The third-order valence-corrected chi connectivity index (χ3v) is 3.98. The summed E-state index contributed by atoms with van der Waals surface area (Å²) in [5, 5.41) is 9.02. The standard InChI is InChI=1S/C14H21N5/c1-3-19-8-5-12(6-9-19)18(2)14-13(16)11(10-15)4-7-17-14/h4,7,12H,3,5-6,8-9,16H2,1-2H3. The maximum atomic E-state index is 9.02. The van der Waals surface area contributed by atoms with E-state index in [4.69, 9.17) is 11.0 Å². The Morgan fingerprint density at radius 3 is 2.79 bits per heavy atom. The monoisotopic (exact) mass is 259 g/mol. The lowest BCUT2D eigenvalue weighted by Crippen LogP contribution is -2.43. The molecule has 0 radical (unpaired) electrons. The topological polar surface area (TPSA) is 69.2 Å². The molecule has 1 aliphatic heterocycles. The molecule has 1 aliphatic rings. The van der Waals surface area contributed by atoms with E-state index in [2.05, 4.69) is 27.8 Å². The van der Waals surface area contributed by atoms with E-state index in [1.54, 1.807) is 12.3 Å². The molecule has 0 aliphatic carbocycles. The lowest BCUT2D eigenvalue weighted by molar-refractivity contribution is 0.220. The quantitative estimate of drug-likeness (QED) is 0.890. The van der Waals surface area contributed by atoms with Crippen molar-refractivity contribution in [2.45, 2.75) is 25.8 Å². The molecule has 102 valence electrons. The molecule has 0 atom stereocenters. The first-order valence-corrected chi connectivity index (χ1v) is 6.77. The van der Waals surface area contributed by atoms with Gasteiger partial charge in [0.15, 0.2) is 5.82 Å². The first-order valence-electron chi connectivity index (χ1n) is 6.77. The first kappa shape index (κ1) is 13.6. The van der Waals surface area contributed by atoms with Crippen molar-refractivity contribution in [1.82, 2.24) is 9.88 Å². The smallest absolute Gasteiger partial charge is 0.153 e. The van der Waals surface area contributed by atoms with Crippen LogP contribution >= 0.6 is 0 Å². The van der Waals surface area contributed by atoms with Crippen molar-refractivity contribution in [3.8, 4) is 6.07 Å². The Morgan fingerprint density at radius 1 is 1.53 bits per heavy atom. The number of nitriles is 1. The highest BCUT2D eigenvalue weighted by molar-refractivity contribution is 5.70. The number of nitrogen functional groups attached to an aromatic ring is 1. The number of hydrogen-bond donors (Lipinski definition) is 1. The summed E-state index contributed by atoms with van der Waals surface area (Å²) >= 11 is 0. The van der Waals surface area contributed by atoms with E-state index in [0.717, 1.165) is 38.3 Å². The van der Waals surface area contributed by atoms with Crippen LogP contribution < -0.4 is 10.6 Å². The van der Waals surface area contributed by atoms with E-state index in [1.807, 2.05) is 7.05 Å². The van der Waals surface area contributed by atoms with Crippen molar-refractivity contribution < 1.29 is 0 Å². The van der Waals surface area contributed by atoms with Gasteiger partial charge in [-0.15, -0.1) is 0 Å². The molecule has 19 heavy (non-hydrogen) atoms. The average molecular weight is 259 g/mol. The predicted molar refractivity (Wildman–Crippen MR) is 76.9 cm³/mol. The SMILES string of the molecule is CCN1CCC(N(C)c2nccc(C#N)c2N)CC1. The molecular weight excluding hydrogens is 238 g/mol. The number of anilines is 2. The molecule has 0 spiro atoms. The Labute approximate surface area is 114 Å². The van der Waals surface area contributed by atoms with E-state index < -0.39 is 0 Å². The Balaban J connectivity index is 2.13. The zero-order valence-corrected chi connectivity index (χ0v) is 11.6. The minimum absolute atomic E-state index is 0.451. The van der Waals surface area contributed by atoms with E-state index in [-0.39, 0.29) is 0 Å². The maximum Gasteiger partial charge on any atom is 0.153 e. The van der Waals surface area contributed by atoms with Gasteiger partial charge in [-0.25, -0.2) is 4.98 Å². The highest BCUT2D eigenvalue weighted by Crippen LogP contribution is 2.27. The summed E-state index contributed by atoms with van der Waals surface area (Å²) in [6.07, 6.45) is 3.88. The summed E-state index contributed by atoms with van der Waals surface area (Å²) in [5.74, 6) is 0.731. The summed E-state index contributed by atoms with van der Waals surface area (Å²) in [6.45, 7) is 5.54. The van der Waals surface area contributed by atoms with E-state index in [9.17, 15) is 0 Å². The van der Waals surface area contributed by atoms with Crippen molar-refractivity contribution in [2.75, 3.05) is 37.3 Å². The van der Waals surface area contributed by atoms with Gasteiger partial charge < -0.3 is 15.5 Å². The fraction of sp³-hybridized carbons (Fsp3) is 0.571. The molecule has 1 aromatic rings. The Morgan fingerprint density at radius 2 is 2.21 bits per heavy atom. The third kappa shape index (κ3) is 2.79. The highest BCUT2D eigenvalue weighted by atomic mass is 15.2. The summed E-state index contributed by atoms with van der Waals surface area (Å²) in [7, 11) is 2.02. The highest BCUT2D eigenvalue weighted by Gasteiger charge is 2.24. The van der Waals surface area contributed by atoms with Gasteiger partial charge in [0.1, 0.15) is 6.07 Å². The molecule has 0 bridgehead atoms. The van der Waals surface area contributed by atoms with Gasteiger partial charge in [-0.05, 0) is 25.5 Å². The van der Waals surface area contributed by atoms with Crippen molar-refractivity contribution in [2.24, 2.45) is 0 Å². The molecule has 2 heterocycles. The minimum atomic E-state index is 0.451. The summed E-state index contributed by atoms with van der Waals surface area (Å²) in [4.78, 5) is 8.92. The number of rotatable bonds is 3. The van der Waals surface area contributed by atoms with Crippen LogP contribution in [0.25, 0.3) is 0 Å². The summed E-state index contributed by atoms with van der Waals surface area (Å²) in [5.41, 5.74) is 7.01. The fourth-order valence-electron chi connectivity index (χ4n) is 2.64. The number of pyridine rings is 1. The van der Waals surface area contributed by atoms with E-state index in [1.165, 1.54) is 0 Å². The number of nitrogens with two attached hydrogens (primary N) is 1. The van der Waals surface area contributed by atoms with Crippen molar-refractivity contribution in [3.05, 3.63) is 17.8 Å². The van der Waals surface area contributed by atoms with Crippen LogP contribution in [0.3, 0.4) is 0 Å².